The monoisotopic (exact) mass is 361 g/mol. The lowest BCUT2D eigenvalue weighted by molar-refractivity contribution is 0.0733. The molecule has 0 unspecified atom stereocenters. The molecule has 0 aliphatic heterocycles. The van der Waals surface area contributed by atoms with Gasteiger partial charge in [0.1, 0.15) is 0 Å². The Morgan fingerprint density at radius 1 is 1.12 bits per heavy atom. The molecule has 0 atom stereocenters. The molecule has 0 spiro atoms. The van der Waals surface area contributed by atoms with Gasteiger partial charge in [0.15, 0.2) is 5.75 Å². The van der Waals surface area contributed by atoms with E-state index in [1.165, 1.54) is 4.90 Å². The third-order valence-electron chi connectivity index (χ3n) is 3.58. The first-order chi connectivity index (χ1) is 11.8. The van der Waals surface area contributed by atoms with Crippen molar-refractivity contribution in [2.45, 2.75) is 20.8 Å². The van der Waals surface area contributed by atoms with Crippen molar-refractivity contribution in [2.24, 2.45) is 0 Å². The average molecular weight is 362 g/mol. The van der Waals surface area contributed by atoms with Crippen molar-refractivity contribution in [1.82, 2.24) is 0 Å². The Labute approximate surface area is 152 Å². The maximum atomic E-state index is 12.4. The highest BCUT2D eigenvalue weighted by Crippen LogP contribution is 2.34. The molecule has 0 heterocycles. The van der Waals surface area contributed by atoms with E-state index in [1.807, 2.05) is 19.9 Å². The molecule has 0 aromatic heterocycles. The van der Waals surface area contributed by atoms with E-state index in [4.69, 9.17) is 21.1 Å². The molecule has 0 aliphatic rings. The van der Waals surface area contributed by atoms with Crippen molar-refractivity contribution in [3.63, 3.8) is 0 Å². The molecule has 0 saturated heterocycles. The quantitative estimate of drug-likeness (QED) is 0.581. The van der Waals surface area contributed by atoms with E-state index >= 15 is 0 Å². The molecule has 0 aliphatic carbocycles. The second kappa shape index (κ2) is 8.03. The molecule has 0 bridgehead atoms. The minimum Gasteiger partial charge on any atom is -0.449 e. The summed E-state index contributed by atoms with van der Waals surface area (Å²) in [4.78, 5) is 25.8. The van der Waals surface area contributed by atoms with Crippen LogP contribution in [0.1, 0.15) is 28.4 Å². The number of aryl methyl sites for hydroxylation is 2. The SMILES string of the molecule is CCOC(=O)N(C)c1cc(C)cc(C)c1OC(=O)c1ccc(Cl)cc1. The molecular weight excluding hydrogens is 342 g/mol. The summed E-state index contributed by atoms with van der Waals surface area (Å²) in [6.07, 6.45) is -0.517. The lowest BCUT2D eigenvalue weighted by Crippen LogP contribution is -2.28. The highest BCUT2D eigenvalue weighted by atomic mass is 35.5. The van der Waals surface area contributed by atoms with Crippen LogP contribution < -0.4 is 9.64 Å². The van der Waals surface area contributed by atoms with Crippen LogP contribution in [0.25, 0.3) is 0 Å². The third-order valence-corrected chi connectivity index (χ3v) is 3.83. The fourth-order valence-corrected chi connectivity index (χ4v) is 2.50. The molecule has 0 radical (unpaired) electrons. The molecule has 2 aromatic rings. The Morgan fingerprint density at radius 3 is 2.36 bits per heavy atom. The number of carbonyl (C=O) groups is 2. The average Bonchev–Trinajstić information content (AvgIpc) is 2.57. The third kappa shape index (κ3) is 4.51. The second-order valence-electron chi connectivity index (χ2n) is 5.58. The predicted octanol–water partition coefficient (Wildman–Crippen LogP) is 4.77. The van der Waals surface area contributed by atoms with Gasteiger partial charge in [-0.25, -0.2) is 9.59 Å². The van der Waals surface area contributed by atoms with Crippen LogP contribution in [0.2, 0.25) is 5.02 Å². The standard InChI is InChI=1S/C19H20ClNO4/c1-5-24-19(23)21(4)16-11-12(2)10-13(3)17(16)25-18(22)14-6-8-15(20)9-7-14/h6-11H,5H2,1-4H3. The maximum absolute atomic E-state index is 12.4. The van der Waals surface area contributed by atoms with Crippen LogP contribution in [0.5, 0.6) is 5.75 Å². The van der Waals surface area contributed by atoms with Gasteiger partial charge in [-0.2, -0.15) is 0 Å². The summed E-state index contributed by atoms with van der Waals surface area (Å²) < 4.78 is 10.6. The summed E-state index contributed by atoms with van der Waals surface area (Å²) in [5.41, 5.74) is 2.52. The summed E-state index contributed by atoms with van der Waals surface area (Å²) in [5.74, 6) is -0.205. The van der Waals surface area contributed by atoms with Crippen LogP contribution in [0.3, 0.4) is 0 Å². The molecule has 1 amide bonds. The van der Waals surface area contributed by atoms with Crippen molar-refractivity contribution < 1.29 is 19.1 Å². The Kier molecular flexibility index (Phi) is 6.04. The number of ether oxygens (including phenoxy) is 2. The van der Waals surface area contributed by atoms with Gasteiger partial charge in [-0.15, -0.1) is 0 Å². The fraction of sp³-hybridized carbons (Fsp3) is 0.263. The number of nitrogens with zero attached hydrogens (tertiary/aromatic N) is 1. The minimum absolute atomic E-state index is 0.258. The van der Waals surface area contributed by atoms with Crippen LogP contribution in [-0.2, 0) is 4.74 Å². The van der Waals surface area contributed by atoms with Crippen molar-refractivity contribution in [1.29, 1.82) is 0 Å². The number of amides is 1. The predicted molar refractivity (Wildman–Crippen MR) is 97.8 cm³/mol. The molecule has 5 nitrogen and oxygen atoms in total. The minimum atomic E-state index is -0.526. The molecule has 0 fully saturated rings. The lowest BCUT2D eigenvalue weighted by atomic mass is 10.1. The first-order valence-corrected chi connectivity index (χ1v) is 8.20. The van der Waals surface area contributed by atoms with Crippen molar-refractivity contribution in [3.8, 4) is 5.75 Å². The maximum Gasteiger partial charge on any atom is 0.414 e. The number of rotatable bonds is 4. The van der Waals surface area contributed by atoms with E-state index in [2.05, 4.69) is 0 Å². The second-order valence-corrected chi connectivity index (χ2v) is 6.02. The summed E-state index contributed by atoms with van der Waals surface area (Å²) >= 11 is 5.84. The van der Waals surface area contributed by atoms with Crippen molar-refractivity contribution >= 4 is 29.4 Å². The number of esters is 1. The van der Waals surface area contributed by atoms with E-state index in [0.717, 1.165) is 11.1 Å². The number of hydrogen-bond donors (Lipinski definition) is 0. The number of carbonyl (C=O) groups excluding carboxylic acids is 2. The molecule has 132 valence electrons. The Balaban J connectivity index is 2.37. The smallest absolute Gasteiger partial charge is 0.414 e. The van der Waals surface area contributed by atoms with Crippen LogP contribution in [-0.4, -0.2) is 25.7 Å². The van der Waals surface area contributed by atoms with Gasteiger partial charge >= 0.3 is 12.1 Å². The van der Waals surface area contributed by atoms with Gasteiger partial charge in [-0.3, -0.25) is 4.90 Å². The van der Waals surface area contributed by atoms with Crippen molar-refractivity contribution in [2.75, 3.05) is 18.6 Å². The Morgan fingerprint density at radius 2 is 1.76 bits per heavy atom. The van der Waals surface area contributed by atoms with Crippen LogP contribution >= 0.6 is 11.6 Å². The van der Waals surface area contributed by atoms with Crippen molar-refractivity contribution in [3.05, 3.63) is 58.1 Å². The number of halogens is 1. The zero-order chi connectivity index (χ0) is 18.6. The summed E-state index contributed by atoms with van der Waals surface area (Å²) in [6, 6.07) is 10.1. The van der Waals surface area contributed by atoms with E-state index < -0.39 is 12.1 Å². The first kappa shape index (κ1) is 18.8. The van der Waals surface area contributed by atoms with Gasteiger partial charge in [0.05, 0.1) is 17.9 Å². The van der Waals surface area contributed by atoms with E-state index in [9.17, 15) is 9.59 Å². The van der Waals surface area contributed by atoms with E-state index in [-0.39, 0.29) is 6.61 Å². The molecule has 0 saturated carbocycles. The summed E-state index contributed by atoms with van der Waals surface area (Å²) in [7, 11) is 1.58. The van der Waals surface area contributed by atoms with Gasteiger partial charge in [-0.05, 0) is 62.2 Å². The highest BCUT2D eigenvalue weighted by Gasteiger charge is 2.21. The molecule has 2 rings (SSSR count). The summed E-state index contributed by atoms with van der Waals surface area (Å²) in [6.45, 7) is 5.71. The molecular formula is C19H20ClNO4. The molecule has 25 heavy (non-hydrogen) atoms. The van der Waals surface area contributed by atoms with Gasteiger partial charge in [0.2, 0.25) is 0 Å². The Bertz CT molecular complexity index is 787. The Hall–Kier alpha value is -2.53. The largest absolute Gasteiger partial charge is 0.449 e. The van der Waals surface area contributed by atoms with Gasteiger partial charge < -0.3 is 9.47 Å². The van der Waals surface area contributed by atoms with Gasteiger partial charge in [0, 0.05) is 12.1 Å². The zero-order valence-electron chi connectivity index (χ0n) is 14.6. The number of hydrogen-bond acceptors (Lipinski definition) is 4. The zero-order valence-corrected chi connectivity index (χ0v) is 15.4. The van der Waals surface area contributed by atoms with Crippen LogP contribution in [0.4, 0.5) is 10.5 Å². The topological polar surface area (TPSA) is 55.8 Å². The highest BCUT2D eigenvalue weighted by molar-refractivity contribution is 6.30. The normalized spacial score (nSPS) is 10.3. The van der Waals surface area contributed by atoms with Crippen LogP contribution in [0, 0.1) is 13.8 Å². The lowest BCUT2D eigenvalue weighted by Gasteiger charge is -2.21. The van der Waals surface area contributed by atoms with E-state index in [1.54, 1.807) is 44.3 Å². The molecule has 6 heteroatoms. The van der Waals surface area contributed by atoms with Gasteiger partial charge in [-0.1, -0.05) is 17.7 Å². The summed E-state index contributed by atoms with van der Waals surface area (Å²) in [5, 5.41) is 0.533. The fourth-order valence-electron chi connectivity index (χ4n) is 2.37. The molecule has 2 aromatic carbocycles. The number of anilines is 1. The first-order valence-electron chi connectivity index (χ1n) is 7.83. The van der Waals surface area contributed by atoms with E-state index in [0.29, 0.717) is 22.0 Å². The number of benzene rings is 2. The van der Waals surface area contributed by atoms with Crippen LogP contribution in [0.15, 0.2) is 36.4 Å². The van der Waals surface area contributed by atoms with Gasteiger partial charge in [0.25, 0.3) is 0 Å². The molecule has 0 N–H and O–H groups in total.